The van der Waals surface area contributed by atoms with E-state index in [9.17, 15) is 0 Å². The standard InChI is InChI=1S/C13H18N4/c1-16-12-5-3-2-4-11(12)15-13(16)10-6-8-17(14)9-7-10/h2-5,10H,6-9,14H2,1H3. The Morgan fingerprint density at radius 3 is 2.65 bits per heavy atom. The Kier molecular flexibility index (Phi) is 2.61. The van der Waals surface area contributed by atoms with E-state index in [2.05, 4.69) is 29.8 Å². The summed E-state index contributed by atoms with van der Waals surface area (Å²) >= 11 is 0. The molecular weight excluding hydrogens is 212 g/mol. The number of para-hydroxylation sites is 2. The summed E-state index contributed by atoms with van der Waals surface area (Å²) in [6.07, 6.45) is 2.21. The fraction of sp³-hybridized carbons (Fsp3) is 0.462. The van der Waals surface area contributed by atoms with Crippen LogP contribution in [0.5, 0.6) is 0 Å². The Morgan fingerprint density at radius 2 is 1.94 bits per heavy atom. The Labute approximate surface area is 101 Å². The second-order valence-electron chi connectivity index (χ2n) is 4.83. The van der Waals surface area contributed by atoms with Gasteiger partial charge in [0.05, 0.1) is 11.0 Å². The van der Waals surface area contributed by atoms with Gasteiger partial charge in [0.2, 0.25) is 0 Å². The smallest absolute Gasteiger partial charge is 0.112 e. The number of hydrogen-bond donors (Lipinski definition) is 1. The van der Waals surface area contributed by atoms with Gasteiger partial charge in [0.15, 0.2) is 0 Å². The Morgan fingerprint density at radius 1 is 1.24 bits per heavy atom. The summed E-state index contributed by atoms with van der Waals surface area (Å²) in [6.45, 7) is 1.93. The lowest BCUT2D eigenvalue weighted by Gasteiger charge is -2.28. The summed E-state index contributed by atoms with van der Waals surface area (Å²) in [5.74, 6) is 7.55. The van der Waals surface area contributed by atoms with Crippen molar-refractivity contribution < 1.29 is 0 Å². The zero-order chi connectivity index (χ0) is 11.8. The maximum absolute atomic E-state index is 5.79. The maximum Gasteiger partial charge on any atom is 0.112 e. The minimum atomic E-state index is 0.548. The summed E-state index contributed by atoms with van der Waals surface area (Å²) in [5, 5.41) is 1.90. The van der Waals surface area contributed by atoms with Crippen LogP contribution in [0.25, 0.3) is 11.0 Å². The normalized spacial score (nSPS) is 18.9. The molecule has 17 heavy (non-hydrogen) atoms. The van der Waals surface area contributed by atoms with Crippen molar-refractivity contribution >= 4 is 11.0 Å². The van der Waals surface area contributed by atoms with Gasteiger partial charge in [0, 0.05) is 26.1 Å². The molecule has 4 heteroatoms. The number of fused-ring (bicyclic) bond motifs is 1. The predicted octanol–water partition coefficient (Wildman–Crippen LogP) is 1.63. The first-order valence-corrected chi connectivity index (χ1v) is 6.16. The first kappa shape index (κ1) is 10.7. The molecule has 1 aromatic carbocycles. The van der Waals surface area contributed by atoms with Gasteiger partial charge in [-0.15, -0.1) is 0 Å². The Balaban J connectivity index is 1.97. The van der Waals surface area contributed by atoms with Crippen LogP contribution in [-0.4, -0.2) is 27.6 Å². The first-order chi connectivity index (χ1) is 8.25. The van der Waals surface area contributed by atoms with Gasteiger partial charge in [-0.2, -0.15) is 0 Å². The van der Waals surface area contributed by atoms with E-state index in [-0.39, 0.29) is 0 Å². The van der Waals surface area contributed by atoms with Gasteiger partial charge in [-0.1, -0.05) is 12.1 Å². The van der Waals surface area contributed by atoms with E-state index in [4.69, 9.17) is 10.8 Å². The zero-order valence-corrected chi connectivity index (χ0v) is 10.1. The fourth-order valence-corrected chi connectivity index (χ4v) is 2.69. The topological polar surface area (TPSA) is 47.1 Å². The van der Waals surface area contributed by atoms with Crippen LogP contribution in [0.3, 0.4) is 0 Å². The highest BCUT2D eigenvalue weighted by Crippen LogP contribution is 2.28. The molecule has 4 nitrogen and oxygen atoms in total. The summed E-state index contributed by atoms with van der Waals surface area (Å²) in [6, 6.07) is 8.32. The van der Waals surface area contributed by atoms with E-state index in [1.165, 1.54) is 11.3 Å². The third-order valence-electron chi connectivity index (χ3n) is 3.72. The lowest BCUT2D eigenvalue weighted by Crippen LogP contribution is -2.38. The summed E-state index contributed by atoms with van der Waals surface area (Å²) < 4.78 is 2.23. The molecule has 1 aliphatic heterocycles. The van der Waals surface area contributed by atoms with E-state index in [1.807, 2.05) is 11.1 Å². The van der Waals surface area contributed by atoms with E-state index in [1.54, 1.807) is 0 Å². The van der Waals surface area contributed by atoms with Crippen molar-refractivity contribution in [3.8, 4) is 0 Å². The number of hydrazine groups is 1. The van der Waals surface area contributed by atoms with Gasteiger partial charge >= 0.3 is 0 Å². The first-order valence-electron chi connectivity index (χ1n) is 6.16. The molecule has 0 amide bonds. The molecule has 2 aromatic rings. The van der Waals surface area contributed by atoms with Gasteiger partial charge in [-0.05, 0) is 25.0 Å². The number of hydrogen-bond acceptors (Lipinski definition) is 3. The van der Waals surface area contributed by atoms with Crippen LogP contribution in [0, 0.1) is 0 Å². The minimum Gasteiger partial charge on any atom is -0.331 e. The molecule has 0 unspecified atom stereocenters. The third kappa shape index (κ3) is 1.83. The van der Waals surface area contributed by atoms with Crippen molar-refractivity contribution in [2.45, 2.75) is 18.8 Å². The number of piperidine rings is 1. The van der Waals surface area contributed by atoms with Crippen LogP contribution in [0.15, 0.2) is 24.3 Å². The molecule has 0 aliphatic carbocycles. The van der Waals surface area contributed by atoms with Crippen molar-refractivity contribution in [1.82, 2.24) is 14.6 Å². The highest BCUT2D eigenvalue weighted by atomic mass is 15.4. The molecule has 1 saturated heterocycles. The van der Waals surface area contributed by atoms with Crippen molar-refractivity contribution in [1.29, 1.82) is 0 Å². The highest BCUT2D eigenvalue weighted by molar-refractivity contribution is 5.75. The quantitative estimate of drug-likeness (QED) is 0.757. The Bertz CT molecular complexity index is 523. The molecule has 0 radical (unpaired) electrons. The SMILES string of the molecule is Cn1c(C2CCN(N)CC2)nc2ccccc21. The van der Waals surface area contributed by atoms with Gasteiger partial charge in [-0.25, -0.2) is 9.99 Å². The van der Waals surface area contributed by atoms with Gasteiger partial charge in [0.25, 0.3) is 0 Å². The molecule has 2 N–H and O–H groups in total. The molecule has 0 saturated carbocycles. The number of rotatable bonds is 1. The number of aromatic nitrogens is 2. The largest absolute Gasteiger partial charge is 0.331 e. The average Bonchev–Trinajstić information content (AvgIpc) is 2.69. The van der Waals surface area contributed by atoms with Crippen LogP contribution in [0.4, 0.5) is 0 Å². The predicted molar refractivity (Wildman–Crippen MR) is 68.4 cm³/mol. The average molecular weight is 230 g/mol. The fourth-order valence-electron chi connectivity index (χ4n) is 2.69. The molecule has 1 fully saturated rings. The summed E-state index contributed by atoms with van der Waals surface area (Å²) in [5.41, 5.74) is 2.32. The van der Waals surface area contributed by atoms with E-state index >= 15 is 0 Å². The van der Waals surface area contributed by atoms with Crippen LogP contribution in [0.2, 0.25) is 0 Å². The summed E-state index contributed by atoms with van der Waals surface area (Å²) in [4.78, 5) is 4.76. The lowest BCUT2D eigenvalue weighted by atomic mass is 9.97. The second kappa shape index (κ2) is 4.13. The molecular formula is C13H18N4. The number of nitrogens with two attached hydrogens (primary N) is 1. The number of nitrogens with zero attached hydrogens (tertiary/aromatic N) is 3. The van der Waals surface area contributed by atoms with Crippen molar-refractivity contribution in [3.05, 3.63) is 30.1 Å². The molecule has 0 atom stereocenters. The molecule has 0 spiro atoms. The molecule has 1 aromatic heterocycles. The molecule has 1 aliphatic rings. The van der Waals surface area contributed by atoms with Crippen molar-refractivity contribution in [3.63, 3.8) is 0 Å². The second-order valence-corrected chi connectivity index (χ2v) is 4.83. The molecule has 3 rings (SSSR count). The molecule has 0 bridgehead atoms. The van der Waals surface area contributed by atoms with Crippen LogP contribution in [0.1, 0.15) is 24.6 Å². The monoisotopic (exact) mass is 230 g/mol. The minimum absolute atomic E-state index is 0.548. The molecule has 90 valence electrons. The Hall–Kier alpha value is -1.39. The van der Waals surface area contributed by atoms with Gasteiger partial charge < -0.3 is 4.57 Å². The van der Waals surface area contributed by atoms with E-state index in [0.717, 1.165) is 31.4 Å². The van der Waals surface area contributed by atoms with Gasteiger partial charge in [0.1, 0.15) is 5.82 Å². The highest BCUT2D eigenvalue weighted by Gasteiger charge is 2.23. The van der Waals surface area contributed by atoms with Crippen LogP contribution in [-0.2, 0) is 7.05 Å². The van der Waals surface area contributed by atoms with Crippen LogP contribution < -0.4 is 5.84 Å². The number of imidazole rings is 1. The third-order valence-corrected chi connectivity index (χ3v) is 3.72. The van der Waals surface area contributed by atoms with Crippen molar-refractivity contribution in [2.24, 2.45) is 12.9 Å². The zero-order valence-electron chi connectivity index (χ0n) is 10.1. The number of benzene rings is 1. The number of aryl methyl sites for hydroxylation is 1. The van der Waals surface area contributed by atoms with E-state index < -0.39 is 0 Å². The maximum atomic E-state index is 5.79. The lowest BCUT2D eigenvalue weighted by molar-refractivity contribution is 0.213. The van der Waals surface area contributed by atoms with Gasteiger partial charge in [-0.3, -0.25) is 5.84 Å². The van der Waals surface area contributed by atoms with Crippen LogP contribution >= 0.6 is 0 Å². The summed E-state index contributed by atoms with van der Waals surface area (Å²) in [7, 11) is 2.11. The van der Waals surface area contributed by atoms with E-state index in [0.29, 0.717) is 5.92 Å². The van der Waals surface area contributed by atoms with Crippen molar-refractivity contribution in [2.75, 3.05) is 13.1 Å². The molecule has 2 heterocycles.